The van der Waals surface area contributed by atoms with Gasteiger partial charge >= 0.3 is 5.97 Å². The number of aliphatic carboxylic acids is 1. The molecule has 0 spiro atoms. The van der Waals surface area contributed by atoms with Crippen molar-refractivity contribution in [3.63, 3.8) is 0 Å². The highest BCUT2D eigenvalue weighted by Crippen LogP contribution is 2.30. The molecule has 84 valence electrons. The third-order valence-electron chi connectivity index (χ3n) is 2.13. The first kappa shape index (κ1) is 10.8. The fourth-order valence-electron chi connectivity index (χ4n) is 1.25. The minimum Gasteiger partial charge on any atom is -0.479 e. The lowest BCUT2D eigenvalue weighted by Gasteiger charge is -2.09. The van der Waals surface area contributed by atoms with Crippen LogP contribution in [0.3, 0.4) is 0 Å². The van der Waals surface area contributed by atoms with Crippen LogP contribution in [0.5, 0.6) is 5.88 Å². The van der Waals surface area contributed by atoms with Crippen LogP contribution in [0.1, 0.15) is 12.5 Å². The summed E-state index contributed by atoms with van der Waals surface area (Å²) in [6, 6.07) is 0. The van der Waals surface area contributed by atoms with Crippen LogP contribution < -0.4 is 4.74 Å². The Hall–Kier alpha value is -1.69. The first-order chi connectivity index (χ1) is 7.59. The molecule has 1 atom stereocenters. The van der Waals surface area contributed by atoms with E-state index in [4.69, 9.17) is 9.84 Å². The predicted molar refractivity (Wildman–Crippen MR) is 59.9 cm³/mol. The van der Waals surface area contributed by atoms with Crippen LogP contribution in [0.4, 0.5) is 0 Å². The van der Waals surface area contributed by atoms with Gasteiger partial charge in [-0.05, 0) is 24.8 Å². The molecule has 0 bridgehead atoms. The predicted octanol–water partition coefficient (Wildman–Crippen LogP) is 1.85. The van der Waals surface area contributed by atoms with Crippen molar-refractivity contribution in [2.75, 3.05) is 0 Å². The molecule has 1 N–H and O–H groups in total. The van der Waals surface area contributed by atoms with Crippen molar-refractivity contribution >= 4 is 27.5 Å². The standard InChI is InChI=1S/C10H10N2O3S/c1-5-3-16-8-7(5)11-4-12-9(8)15-6(2)10(13)14/h3-4,6H,1-2H3,(H,13,14). The molecular formula is C10H10N2O3S. The molecule has 2 heterocycles. The fourth-order valence-corrected chi connectivity index (χ4v) is 2.18. The van der Waals surface area contributed by atoms with Gasteiger partial charge < -0.3 is 9.84 Å². The molecule has 2 rings (SSSR count). The number of rotatable bonds is 3. The van der Waals surface area contributed by atoms with Gasteiger partial charge in [-0.3, -0.25) is 0 Å². The number of aromatic nitrogens is 2. The van der Waals surface area contributed by atoms with Gasteiger partial charge in [0.25, 0.3) is 0 Å². The molecule has 2 aromatic heterocycles. The number of carboxylic acid groups (broad SMARTS) is 1. The van der Waals surface area contributed by atoms with Gasteiger partial charge in [0.05, 0.1) is 5.52 Å². The largest absolute Gasteiger partial charge is 0.479 e. The van der Waals surface area contributed by atoms with Crippen LogP contribution in [0, 0.1) is 6.92 Å². The summed E-state index contributed by atoms with van der Waals surface area (Å²) in [4.78, 5) is 18.8. The molecule has 6 heteroatoms. The van der Waals surface area contributed by atoms with E-state index in [9.17, 15) is 4.79 Å². The number of aryl methyl sites for hydroxylation is 1. The number of hydrogen-bond donors (Lipinski definition) is 1. The molecule has 0 fully saturated rings. The van der Waals surface area contributed by atoms with Crippen LogP contribution in [0.2, 0.25) is 0 Å². The lowest BCUT2D eigenvalue weighted by atomic mass is 10.3. The van der Waals surface area contributed by atoms with E-state index < -0.39 is 12.1 Å². The molecule has 0 amide bonds. The van der Waals surface area contributed by atoms with Crippen LogP contribution in [0.25, 0.3) is 10.2 Å². The van der Waals surface area contributed by atoms with Crippen molar-refractivity contribution in [2.24, 2.45) is 0 Å². The zero-order valence-electron chi connectivity index (χ0n) is 8.80. The Morgan fingerprint density at radius 2 is 2.31 bits per heavy atom. The lowest BCUT2D eigenvalue weighted by Crippen LogP contribution is -2.23. The summed E-state index contributed by atoms with van der Waals surface area (Å²) in [5.41, 5.74) is 1.85. The number of fused-ring (bicyclic) bond motifs is 1. The van der Waals surface area contributed by atoms with Crippen LogP contribution in [-0.4, -0.2) is 27.1 Å². The molecule has 0 saturated carbocycles. The number of ether oxygens (including phenoxy) is 1. The molecule has 0 aromatic carbocycles. The minimum absolute atomic E-state index is 0.331. The maximum absolute atomic E-state index is 10.7. The van der Waals surface area contributed by atoms with Gasteiger partial charge in [0.15, 0.2) is 6.10 Å². The average molecular weight is 238 g/mol. The Kier molecular flexibility index (Phi) is 2.74. The zero-order chi connectivity index (χ0) is 11.7. The molecule has 0 radical (unpaired) electrons. The quantitative estimate of drug-likeness (QED) is 0.883. The summed E-state index contributed by atoms with van der Waals surface area (Å²) < 4.78 is 6.05. The van der Waals surface area contributed by atoms with Gasteiger partial charge in [-0.1, -0.05) is 0 Å². The fraction of sp³-hybridized carbons (Fsp3) is 0.300. The van der Waals surface area contributed by atoms with Crippen molar-refractivity contribution in [3.05, 3.63) is 17.3 Å². The van der Waals surface area contributed by atoms with Crippen molar-refractivity contribution in [2.45, 2.75) is 20.0 Å². The SMILES string of the molecule is Cc1csc2c(OC(C)C(=O)O)ncnc12. The maximum atomic E-state index is 10.7. The maximum Gasteiger partial charge on any atom is 0.344 e. The molecule has 0 saturated heterocycles. The third-order valence-corrected chi connectivity index (χ3v) is 3.21. The smallest absolute Gasteiger partial charge is 0.344 e. The van der Waals surface area contributed by atoms with E-state index in [0.717, 1.165) is 15.8 Å². The normalized spacial score (nSPS) is 12.6. The van der Waals surface area contributed by atoms with Crippen LogP contribution in [0.15, 0.2) is 11.7 Å². The Bertz CT molecular complexity index is 538. The monoisotopic (exact) mass is 238 g/mol. The molecular weight excluding hydrogens is 228 g/mol. The average Bonchev–Trinajstić information content (AvgIpc) is 2.62. The number of carbonyl (C=O) groups is 1. The van der Waals surface area contributed by atoms with Crippen molar-refractivity contribution in [3.8, 4) is 5.88 Å². The summed E-state index contributed by atoms with van der Waals surface area (Å²) in [6.07, 6.45) is 0.465. The van der Waals surface area contributed by atoms with Gasteiger partial charge in [0.1, 0.15) is 11.0 Å². The molecule has 2 aromatic rings. The van der Waals surface area contributed by atoms with Gasteiger partial charge in [-0.15, -0.1) is 11.3 Å². The highest BCUT2D eigenvalue weighted by molar-refractivity contribution is 7.17. The zero-order valence-corrected chi connectivity index (χ0v) is 9.61. The van der Waals surface area contributed by atoms with Crippen molar-refractivity contribution in [1.82, 2.24) is 9.97 Å². The summed E-state index contributed by atoms with van der Waals surface area (Å²) in [7, 11) is 0. The first-order valence-corrected chi connectivity index (χ1v) is 5.56. The molecule has 0 aliphatic heterocycles. The molecule has 0 aliphatic rings. The summed E-state index contributed by atoms with van der Waals surface area (Å²) >= 11 is 1.45. The second-order valence-electron chi connectivity index (χ2n) is 3.37. The lowest BCUT2D eigenvalue weighted by molar-refractivity contribution is -0.144. The topological polar surface area (TPSA) is 72.3 Å². The highest BCUT2D eigenvalue weighted by Gasteiger charge is 2.16. The molecule has 0 aliphatic carbocycles. The molecule has 1 unspecified atom stereocenters. The van der Waals surface area contributed by atoms with E-state index in [1.165, 1.54) is 24.6 Å². The van der Waals surface area contributed by atoms with Crippen LogP contribution in [-0.2, 0) is 4.79 Å². The Morgan fingerprint density at radius 1 is 1.56 bits per heavy atom. The van der Waals surface area contributed by atoms with Gasteiger partial charge in [0.2, 0.25) is 5.88 Å². The highest BCUT2D eigenvalue weighted by atomic mass is 32.1. The van der Waals surface area contributed by atoms with Gasteiger partial charge in [-0.2, -0.15) is 0 Å². The number of thiophene rings is 1. The Balaban J connectivity index is 2.41. The van der Waals surface area contributed by atoms with Crippen molar-refractivity contribution < 1.29 is 14.6 Å². The number of nitrogens with zero attached hydrogens (tertiary/aromatic N) is 2. The molecule has 5 nitrogen and oxygen atoms in total. The second-order valence-corrected chi connectivity index (χ2v) is 4.25. The van der Waals surface area contributed by atoms with E-state index in [1.807, 2.05) is 12.3 Å². The minimum atomic E-state index is -1.01. The summed E-state index contributed by atoms with van der Waals surface area (Å²) in [5, 5.41) is 10.7. The Morgan fingerprint density at radius 3 is 3.00 bits per heavy atom. The summed E-state index contributed by atoms with van der Waals surface area (Å²) in [6.45, 7) is 3.41. The van der Waals surface area contributed by atoms with E-state index in [2.05, 4.69) is 9.97 Å². The van der Waals surface area contributed by atoms with E-state index >= 15 is 0 Å². The van der Waals surface area contributed by atoms with E-state index in [1.54, 1.807) is 0 Å². The Labute approximate surface area is 95.7 Å². The summed E-state index contributed by atoms with van der Waals surface area (Å²) in [5.74, 6) is -0.682. The van der Waals surface area contributed by atoms with E-state index in [0.29, 0.717) is 5.88 Å². The van der Waals surface area contributed by atoms with E-state index in [-0.39, 0.29) is 0 Å². The third kappa shape index (κ3) is 1.83. The number of hydrogen-bond acceptors (Lipinski definition) is 5. The van der Waals surface area contributed by atoms with Gasteiger partial charge in [0, 0.05) is 0 Å². The first-order valence-electron chi connectivity index (χ1n) is 4.68. The number of carboxylic acids is 1. The second kappa shape index (κ2) is 4.05. The van der Waals surface area contributed by atoms with Gasteiger partial charge in [-0.25, -0.2) is 14.8 Å². The van der Waals surface area contributed by atoms with Crippen molar-refractivity contribution in [1.29, 1.82) is 0 Å². The molecule has 16 heavy (non-hydrogen) atoms. The van der Waals surface area contributed by atoms with Crippen LogP contribution >= 0.6 is 11.3 Å².